The first-order valence-electron chi connectivity index (χ1n) is 10.8. The first-order chi connectivity index (χ1) is 16.7. The Morgan fingerprint density at radius 3 is 2.43 bits per heavy atom. The number of pyridine rings is 3. The quantitative estimate of drug-likeness (QED) is 0.312. The molecule has 174 valence electrons. The molecule has 5 nitrogen and oxygen atoms in total. The normalized spacial score (nSPS) is 11.8. The molecule has 0 aliphatic heterocycles. The SMILES string of the molecule is CC(=O)Cc1ccc(-c2ccc3ncc4ccc(=O)n(-c5cccc(C(F)(F)F)c5)c4c3c2)cn1. The predicted octanol–water partition coefficient (Wildman–Crippen LogP) is 5.75. The largest absolute Gasteiger partial charge is 0.416 e. The molecule has 0 N–H and O–H groups in total. The summed E-state index contributed by atoms with van der Waals surface area (Å²) in [5, 5.41) is 1.23. The molecular formula is C27H18F3N3O2. The molecule has 0 unspecified atom stereocenters. The fourth-order valence-electron chi connectivity index (χ4n) is 4.12. The van der Waals surface area contributed by atoms with Crippen molar-refractivity contribution in [2.75, 3.05) is 0 Å². The van der Waals surface area contributed by atoms with E-state index in [1.54, 1.807) is 30.6 Å². The second-order valence-electron chi connectivity index (χ2n) is 8.27. The molecule has 3 aromatic heterocycles. The number of ketones is 1. The van der Waals surface area contributed by atoms with Gasteiger partial charge in [0.15, 0.2) is 0 Å². The van der Waals surface area contributed by atoms with Gasteiger partial charge in [-0.1, -0.05) is 18.2 Å². The van der Waals surface area contributed by atoms with E-state index in [2.05, 4.69) is 9.97 Å². The van der Waals surface area contributed by atoms with Crippen LogP contribution in [-0.4, -0.2) is 20.3 Å². The number of Topliss-reactive ketones (excluding diaryl/α,β-unsaturated/α-hetero) is 1. The minimum atomic E-state index is -4.54. The second-order valence-corrected chi connectivity index (χ2v) is 8.27. The highest BCUT2D eigenvalue weighted by molar-refractivity contribution is 6.05. The predicted molar refractivity (Wildman–Crippen MR) is 127 cm³/mol. The van der Waals surface area contributed by atoms with Crippen molar-refractivity contribution in [3.05, 3.63) is 101 Å². The molecule has 3 heterocycles. The Kier molecular flexibility index (Phi) is 5.43. The Balaban J connectivity index is 1.74. The number of hydrogen-bond acceptors (Lipinski definition) is 4. The Hall–Kier alpha value is -4.33. The van der Waals surface area contributed by atoms with Crippen molar-refractivity contribution < 1.29 is 18.0 Å². The van der Waals surface area contributed by atoms with E-state index in [4.69, 9.17) is 0 Å². The topological polar surface area (TPSA) is 64.8 Å². The lowest BCUT2D eigenvalue weighted by Crippen LogP contribution is -2.18. The zero-order chi connectivity index (χ0) is 24.7. The summed E-state index contributed by atoms with van der Waals surface area (Å²) in [6.45, 7) is 1.50. The van der Waals surface area contributed by atoms with Crippen LogP contribution in [0.1, 0.15) is 18.2 Å². The number of halogens is 3. The van der Waals surface area contributed by atoms with Gasteiger partial charge in [-0.3, -0.25) is 24.1 Å². The van der Waals surface area contributed by atoms with Gasteiger partial charge in [-0.05, 0) is 55.0 Å². The number of hydrogen-bond donors (Lipinski definition) is 0. The minimum Gasteiger partial charge on any atom is -0.300 e. The molecule has 0 bridgehead atoms. The van der Waals surface area contributed by atoms with Gasteiger partial charge in [0.1, 0.15) is 5.78 Å². The van der Waals surface area contributed by atoms with Gasteiger partial charge in [0.2, 0.25) is 0 Å². The van der Waals surface area contributed by atoms with Crippen molar-refractivity contribution in [1.29, 1.82) is 0 Å². The average Bonchev–Trinajstić information content (AvgIpc) is 2.83. The number of carbonyl (C=O) groups is 1. The Bertz CT molecular complexity index is 1660. The van der Waals surface area contributed by atoms with Crippen molar-refractivity contribution in [2.24, 2.45) is 0 Å². The van der Waals surface area contributed by atoms with E-state index in [0.29, 0.717) is 27.5 Å². The molecule has 5 rings (SSSR count). The third-order valence-corrected chi connectivity index (χ3v) is 5.74. The molecule has 2 aromatic carbocycles. The Morgan fingerprint density at radius 1 is 0.914 bits per heavy atom. The lowest BCUT2D eigenvalue weighted by atomic mass is 10.0. The van der Waals surface area contributed by atoms with Crippen LogP contribution >= 0.6 is 0 Å². The van der Waals surface area contributed by atoms with E-state index in [9.17, 15) is 22.8 Å². The van der Waals surface area contributed by atoms with Crippen molar-refractivity contribution in [3.63, 3.8) is 0 Å². The van der Waals surface area contributed by atoms with Crippen LogP contribution < -0.4 is 5.56 Å². The number of carbonyl (C=O) groups excluding carboxylic acids is 1. The number of alkyl halides is 3. The molecule has 0 radical (unpaired) electrons. The summed E-state index contributed by atoms with van der Waals surface area (Å²) in [6.07, 6.45) is -1.03. The summed E-state index contributed by atoms with van der Waals surface area (Å²) in [5.74, 6) is 0.0149. The van der Waals surface area contributed by atoms with Gasteiger partial charge in [0.25, 0.3) is 5.56 Å². The summed E-state index contributed by atoms with van der Waals surface area (Å²) in [4.78, 5) is 33.1. The molecule has 0 aliphatic carbocycles. The van der Waals surface area contributed by atoms with Crippen molar-refractivity contribution in [2.45, 2.75) is 19.5 Å². The van der Waals surface area contributed by atoms with Crippen molar-refractivity contribution in [1.82, 2.24) is 14.5 Å². The third-order valence-electron chi connectivity index (χ3n) is 5.74. The fourth-order valence-corrected chi connectivity index (χ4v) is 4.12. The molecule has 0 atom stereocenters. The molecule has 35 heavy (non-hydrogen) atoms. The number of nitrogens with zero attached hydrogens (tertiary/aromatic N) is 3. The first-order valence-corrected chi connectivity index (χ1v) is 10.8. The van der Waals surface area contributed by atoms with Crippen molar-refractivity contribution in [3.8, 4) is 16.8 Å². The number of rotatable bonds is 4. The van der Waals surface area contributed by atoms with Gasteiger partial charge in [0.05, 0.1) is 16.6 Å². The molecule has 0 saturated heterocycles. The lowest BCUT2D eigenvalue weighted by molar-refractivity contribution is -0.137. The highest BCUT2D eigenvalue weighted by atomic mass is 19.4. The van der Waals surface area contributed by atoms with Crippen LogP contribution in [0.3, 0.4) is 0 Å². The highest BCUT2D eigenvalue weighted by Gasteiger charge is 2.30. The second kappa shape index (κ2) is 8.47. The van der Waals surface area contributed by atoms with Gasteiger partial charge >= 0.3 is 6.18 Å². The fraction of sp³-hybridized carbons (Fsp3) is 0.111. The van der Waals surface area contributed by atoms with Crippen LogP contribution in [0.5, 0.6) is 0 Å². The summed E-state index contributed by atoms with van der Waals surface area (Å²) in [6, 6.07) is 16.8. The minimum absolute atomic E-state index is 0.0149. The first kappa shape index (κ1) is 22.5. The van der Waals surface area contributed by atoms with E-state index in [1.807, 2.05) is 18.2 Å². The van der Waals surface area contributed by atoms with Gasteiger partial charge in [-0.25, -0.2) is 0 Å². The van der Waals surface area contributed by atoms with E-state index >= 15 is 0 Å². The molecule has 0 fully saturated rings. The van der Waals surface area contributed by atoms with Gasteiger partial charge < -0.3 is 0 Å². The molecule has 0 aliphatic rings. The zero-order valence-corrected chi connectivity index (χ0v) is 18.5. The third kappa shape index (κ3) is 4.30. The van der Waals surface area contributed by atoms with E-state index in [1.165, 1.54) is 29.7 Å². The Morgan fingerprint density at radius 2 is 1.71 bits per heavy atom. The monoisotopic (exact) mass is 473 g/mol. The number of benzene rings is 2. The standard InChI is InChI=1S/C27H18F3N3O2/c1-16(34)11-21-8-5-18(14-31-21)17-6-9-24-23(12-17)26-19(15-32-24)7-10-25(35)33(26)22-4-2-3-20(13-22)27(28,29)30/h2-10,12-15H,11H2,1H3. The van der Waals surface area contributed by atoms with Crippen LogP contribution in [0, 0.1) is 0 Å². The zero-order valence-electron chi connectivity index (χ0n) is 18.5. The Labute approximate surface area is 197 Å². The smallest absolute Gasteiger partial charge is 0.300 e. The van der Waals surface area contributed by atoms with Gasteiger partial charge in [0, 0.05) is 52.6 Å². The molecule has 8 heteroatoms. The summed E-state index contributed by atoms with van der Waals surface area (Å²) < 4.78 is 41.4. The summed E-state index contributed by atoms with van der Waals surface area (Å²) in [5.41, 5.74) is 2.12. The van der Waals surface area contributed by atoms with Crippen molar-refractivity contribution >= 4 is 27.6 Å². The van der Waals surface area contributed by atoms with E-state index in [0.717, 1.165) is 23.3 Å². The van der Waals surface area contributed by atoms with Crippen LogP contribution in [0.2, 0.25) is 0 Å². The summed E-state index contributed by atoms with van der Waals surface area (Å²) >= 11 is 0. The maximum atomic E-state index is 13.4. The summed E-state index contributed by atoms with van der Waals surface area (Å²) in [7, 11) is 0. The molecule has 0 spiro atoms. The maximum absolute atomic E-state index is 13.4. The molecular weight excluding hydrogens is 455 g/mol. The van der Waals surface area contributed by atoms with E-state index in [-0.39, 0.29) is 17.9 Å². The van der Waals surface area contributed by atoms with Crippen LogP contribution in [-0.2, 0) is 17.4 Å². The number of aromatic nitrogens is 3. The van der Waals surface area contributed by atoms with Crippen LogP contribution in [0.25, 0.3) is 38.6 Å². The van der Waals surface area contributed by atoms with Gasteiger partial charge in [-0.15, -0.1) is 0 Å². The van der Waals surface area contributed by atoms with E-state index < -0.39 is 17.3 Å². The van der Waals surface area contributed by atoms with Crippen LogP contribution in [0.4, 0.5) is 13.2 Å². The molecule has 0 amide bonds. The highest BCUT2D eigenvalue weighted by Crippen LogP contribution is 2.32. The molecule has 5 aromatic rings. The molecule has 0 saturated carbocycles. The average molecular weight is 473 g/mol. The number of fused-ring (bicyclic) bond motifs is 3. The van der Waals surface area contributed by atoms with Gasteiger partial charge in [-0.2, -0.15) is 13.2 Å². The lowest BCUT2D eigenvalue weighted by Gasteiger charge is -2.15. The van der Waals surface area contributed by atoms with Crippen LogP contribution in [0.15, 0.2) is 83.9 Å². The maximum Gasteiger partial charge on any atom is 0.416 e.